The predicted molar refractivity (Wildman–Crippen MR) is 130 cm³/mol. The maximum atomic E-state index is 13.1. The van der Waals surface area contributed by atoms with E-state index < -0.39 is 5.97 Å². The number of hydrogen-bond donors (Lipinski definition) is 2. The summed E-state index contributed by atoms with van der Waals surface area (Å²) in [6, 6.07) is 12.0. The van der Waals surface area contributed by atoms with Crippen LogP contribution in [0, 0.1) is 6.92 Å². The molecular weight excluding hydrogens is 432 g/mol. The van der Waals surface area contributed by atoms with E-state index in [4.69, 9.17) is 4.42 Å². The summed E-state index contributed by atoms with van der Waals surface area (Å²) in [4.78, 5) is 28.7. The molecule has 1 atom stereocenters. The Kier molecular flexibility index (Phi) is 5.13. The van der Waals surface area contributed by atoms with Gasteiger partial charge in [-0.15, -0.1) is 0 Å². The molecule has 0 aliphatic heterocycles. The Morgan fingerprint density at radius 1 is 1.18 bits per heavy atom. The van der Waals surface area contributed by atoms with Gasteiger partial charge in [0.1, 0.15) is 11.3 Å². The number of hydrogen-bond acceptors (Lipinski definition) is 6. The number of aryl methyl sites for hydroxylation is 2. The molecule has 0 radical (unpaired) electrons. The van der Waals surface area contributed by atoms with Crippen molar-refractivity contribution >= 4 is 33.5 Å². The zero-order valence-corrected chi connectivity index (χ0v) is 18.9. The van der Waals surface area contributed by atoms with Gasteiger partial charge in [-0.2, -0.15) is 5.10 Å². The Morgan fingerprint density at radius 2 is 2.00 bits per heavy atom. The van der Waals surface area contributed by atoms with Crippen LogP contribution in [0.15, 0.2) is 70.3 Å². The van der Waals surface area contributed by atoms with E-state index in [0.717, 1.165) is 27.6 Å². The van der Waals surface area contributed by atoms with Crippen molar-refractivity contribution in [3.05, 3.63) is 88.0 Å². The van der Waals surface area contributed by atoms with Crippen LogP contribution in [0.25, 0.3) is 33.2 Å². The van der Waals surface area contributed by atoms with Crippen molar-refractivity contribution < 1.29 is 14.3 Å². The second-order valence-corrected chi connectivity index (χ2v) is 8.37. The van der Waals surface area contributed by atoms with E-state index in [2.05, 4.69) is 15.4 Å². The lowest BCUT2D eigenvalue weighted by Crippen LogP contribution is -2.13. The number of pyridine rings is 1. The molecule has 0 saturated heterocycles. The van der Waals surface area contributed by atoms with E-state index in [1.807, 2.05) is 51.4 Å². The molecule has 2 aromatic carbocycles. The van der Waals surface area contributed by atoms with Gasteiger partial charge in [0.25, 0.3) is 0 Å². The van der Waals surface area contributed by atoms with Crippen molar-refractivity contribution in [2.45, 2.75) is 19.9 Å². The molecule has 0 aliphatic carbocycles. The molecule has 2 N–H and O–H groups in total. The smallest absolute Gasteiger partial charge is 0.337 e. The van der Waals surface area contributed by atoms with Crippen LogP contribution in [0.5, 0.6) is 0 Å². The second-order valence-electron chi connectivity index (χ2n) is 8.37. The Morgan fingerprint density at radius 3 is 2.79 bits per heavy atom. The number of benzene rings is 2. The van der Waals surface area contributed by atoms with Gasteiger partial charge < -0.3 is 14.8 Å². The minimum atomic E-state index is -1.05. The van der Waals surface area contributed by atoms with Gasteiger partial charge in [-0.25, -0.2) is 4.79 Å². The molecule has 0 saturated carbocycles. The Hall–Kier alpha value is -4.46. The van der Waals surface area contributed by atoms with Crippen LogP contribution in [0.3, 0.4) is 0 Å². The molecule has 34 heavy (non-hydrogen) atoms. The number of aromatic carboxylic acids is 1. The standard InChI is InChI=1S/C26H22N4O4/c1-14-8-19(15(2)28-22-12-27-7-6-18(22)26(32)33)25-20(9-14)23(31)11-24(34-25)16-4-5-21-17(10-16)13-30(3)29-21/h4-13,15,28H,1-3H3,(H,32,33). The Bertz CT molecular complexity index is 1630. The summed E-state index contributed by atoms with van der Waals surface area (Å²) in [6.45, 7) is 3.80. The fourth-order valence-electron chi connectivity index (χ4n) is 4.21. The van der Waals surface area contributed by atoms with Gasteiger partial charge in [0, 0.05) is 42.0 Å². The lowest BCUT2D eigenvalue weighted by atomic mass is 10.00. The molecule has 3 heterocycles. The molecule has 8 nitrogen and oxygen atoms in total. The van der Waals surface area contributed by atoms with Crippen molar-refractivity contribution in [2.75, 3.05) is 5.32 Å². The van der Waals surface area contributed by atoms with Crippen molar-refractivity contribution in [2.24, 2.45) is 7.05 Å². The van der Waals surface area contributed by atoms with Crippen LogP contribution in [0.2, 0.25) is 0 Å². The third-order valence-electron chi connectivity index (χ3n) is 5.80. The molecule has 0 amide bonds. The maximum absolute atomic E-state index is 13.1. The van der Waals surface area contributed by atoms with E-state index in [-0.39, 0.29) is 17.0 Å². The van der Waals surface area contributed by atoms with Gasteiger partial charge in [0.2, 0.25) is 0 Å². The number of nitrogens with zero attached hydrogens (tertiary/aromatic N) is 3. The van der Waals surface area contributed by atoms with Crippen LogP contribution in [0.1, 0.15) is 34.5 Å². The Labute approximate surface area is 194 Å². The highest BCUT2D eigenvalue weighted by atomic mass is 16.4. The topological polar surface area (TPSA) is 110 Å². The molecule has 0 aliphatic rings. The fourth-order valence-corrected chi connectivity index (χ4v) is 4.21. The zero-order chi connectivity index (χ0) is 24.0. The first-order valence-electron chi connectivity index (χ1n) is 10.8. The molecule has 0 fully saturated rings. The summed E-state index contributed by atoms with van der Waals surface area (Å²) in [7, 11) is 1.86. The molecule has 0 bridgehead atoms. The van der Waals surface area contributed by atoms with Crippen molar-refractivity contribution in [1.82, 2.24) is 14.8 Å². The third kappa shape index (κ3) is 3.79. The second kappa shape index (κ2) is 8.15. The number of aromatic nitrogens is 3. The average Bonchev–Trinajstić information content (AvgIpc) is 3.18. The average molecular weight is 454 g/mol. The molecule has 170 valence electrons. The van der Waals surface area contributed by atoms with Gasteiger partial charge in [-0.3, -0.25) is 14.5 Å². The highest BCUT2D eigenvalue weighted by Crippen LogP contribution is 2.32. The van der Waals surface area contributed by atoms with E-state index in [0.29, 0.717) is 22.4 Å². The van der Waals surface area contributed by atoms with Crippen LogP contribution in [-0.4, -0.2) is 25.8 Å². The number of fused-ring (bicyclic) bond motifs is 2. The largest absolute Gasteiger partial charge is 0.478 e. The summed E-state index contributed by atoms with van der Waals surface area (Å²) in [5.41, 5.74) is 4.09. The lowest BCUT2D eigenvalue weighted by Gasteiger charge is -2.19. The first kappa shape index (κ1) is 21.4. The van der Waals surface area contributed by atoms with E-state index in [9.17, 15) is 14.7 Å². The number of nitrogens with one attached hydrogen (secondary N) is 1. The number of carboxylic acid groups (broad SMARTS) is 1. The first-order chi connectivity index (χ1) is 16.3. The van der Waals surface area contributed by atoms with Crippen molar-refractivity contribution in [1.29, 1.82) is 0 Å². The van der Waals surface area contributed by atoms with Crippen molar-refractivity contribution in [3.8, 4) is 11.3 Å². The molecule has 3 aromatic heterocycles. The monoisotopic (exact) mass is 454 g/mol. The lowest BCUT2D eigenvalue weighted by molar-refractivity contribution is 0.0697. The van der Waals surface area contributed by atoms with Gasteiger partial charge in [0.05, 0.1) is 34.4 Å². The van der Waals surface area contributed by atoms with Gasteiger partial charge >= 0.3 is 5.97 Å². The highest BCUT2D eigenvalue weighted by Gasteiger charge is 2.19. The number of anilines is 1. The summed E-state index contributed by atoms with van der Waals surface area (Å²) < 4.78 is 8.05. The fraction of sp³-hybridized carbons (Fsp3) is 0.154. The summed E-state index contributed by atoms with van der Waals surface area (Å²) in [5, 5.41) is 18.5. The number of carboxylic acids is 1. The summed E-state index contributed by atoms with van der Waals surface area (Å²) in [6.07, 6.45) is 4.82. The minimum Gasteiger partial charge on any atom is -0.478 e. The first-order valence-corrected chi connectivity index (χ1v) is 10.8. The number of carbonyl (C=O) groups is 1. The number of rotatable bonds is 5. The van der Waals surface area contributed by atoms with Crippen LogP contribution >= 0.6 is 0 Å². The van der Waals surface area contributed by atoms with Gasteiger partial charge in [-0.05, 0) is 49.7 Å². The Balaban J connectivity index is 1.64. The third-order valence-corrected chi connectivity index (χ3v) is 5.80. The predicted octanol–water partition coefficient (Wildman–Crippen LogP) is 4.92. The molecule has 8 heteroatoms. The van der Waals surface area contributed by atoms with Crippen molar-refractivity contribution in [3.63, 3.8) is 0 Å². The van der Waals surface area contributed by atoms with Crippen LogP contribution in [0.4, 0.5) is 5.69 Å². The summed E-state index contributed by atoms with van der Waals surface area (Å²) in [5.74, 6) is -0.598. The van der Waals surface area contributed by atoms with Gasteiger partial charge in [-0.1, -0.05) is 6.07 Å². The highest BCUT2D eigenvalue weighted by molar-refractivity contribution is 5.94. The normalized spacial score (nSPS) is 12.2. The summed E-state index contributed by atoms with van der Waals surface area (Å²) >= 11 is 0. The molecule has 0 spiro atoms. The SMILES string of the molecule is Cc1cc(C(C)Nc2cnccc2C(=O)O)c2oc(-c3ccc4nn(C)cc4c3)cc(=O)c2c1. The molecule has 5 aromatic rings. The molecule has 1 unspecified atom stereocenters. The molecular formula is C26H22N4O4. The van der Waals surface area contributed by atoms with Gasteiger partial charge in [0.15, 0.2) is 5.43 Å². The van der Waals surface area contributed by atoms with E-state index in [1.165, 1.54) is 24.5 Å². The van der Waals surface area contributed by atoms with E-state index in [1.54, 1.807) is 10.7 Å². The quantitative estimate of drug-likeness (QED) is 0.388. The molecule has 5 rings (SSSR count). The van der Waals surface area contributed by atoms with E-state index >= 15 is 0 Å². The zero-order valence-electron chi connectivity index (χ0n) is 18.9. The minimum absolute atomic E-state index is 0.116. The van der Waals surface area contributed by atoms with Crippen LogP contribution in [-0.2, 0) is 7.05 Å². The maximum Gasteiger partial charge on any atom is 0.337 e. The van der Waals surface area contributed by atoms with Crippen LogP contribution < -0.4 is 10.7 Å².